The summed E-state index contributed by atoms with van der Waals surface area (Å²) in [4.78, 5) is 20.1. The van der Waals surface area contributed by atoms with Gasteiger partial charge in [0, 0.05) is 11.6 Å². The second-order valence-corrected chi connectivity index (χ2v) is 5.84. The Morgan fingerprint density at radius 1 is 1.27 bits per heavy atom. The van der Waals surface area contributed by atoms with Crippen molar-refractivity contribution < 1.29 is 4.79 Å². The first-order valence-electron chi connectivity index (χ1n) is 7.23. The highest BCUT2D eigenvalue weighted by Crippen LogP contribution is 2.26. The van der Waals surface area contributed by atoms with Gasteiger partial charge in [0.15, 0.2) is 5.13 Å². The minimum Gasteiger partial charge on any atom is -0.360 e. The molecule has 1 atom stereocenters. The Bertz CT molecular complexity index is 734. The summed E-state index contributed by atoms with van der Waals surface area (Å²) in [5, 5.41) is 5.49. The van der Waals surface area contributed by atoms with Gasteiger partial charge >= 0.3 is 0 Å². The molecule has 0 spiro atoms. The van der Waals surface area contributed by atoms with Gasteiger partial charge < -0.3 is 10.3 Å². The Morgan fingerprint density at radius 2 is 2.09 bits per heavy atom. The molecule has 3 aromatic rings. The smallest absolute Gasteiger partial charge is 0.233 e. The molecule has 0 aliphatic rings. The van der Waals surface area contributed by atoms with Gasteiger partial charge in [-0.25, -0.2) is 4.98 Å². The fourth-order valence-electron chi connectivity index (χ4n) is 2.39. The van der Waals surface area contributed by atoms with Gasteiger partial charge in [-0.05, 0) is 24.1 Å². The molecule has 0 bridgehead atoms. The summed E-state index contributed by atoms with van der Waals surface area (Å²) in [7, 11) is 0. The van der Waals surface area contributed by atoms with E-state index in [9.17, 15) is 4.79 Å². The number of hydrogen-bond acceptors (Lipinski definition) is 3. The van der Waals surface area contributed by atoms with Crippen molar-refractivity contribution >= 4 is 22.4 Å². The standard InChI is InChI=1S/C17H17N3OS/c1-2-13(12-7-4-3-5-8-12)16(21)20-17-19-15(11-22-17)14-9-6-10-18-14/h3-11,13,18H,2H2,1H3,(H,19,20,21)/t13-/m0/s1. The van der Waals surface area contributed by atoms with E-state index < -0.39 is 0 Å². The van der Waals surface area contributed by atoms with Crippen molar-refractivity contribution in [3.63, 3.8) is 0 Å². The van der Waals surface area contributed by atoms with Crippen molar-refractivity contribution in [1.82, 2.24) is 9.97 Å². The summed E-state index contributed by atoms with van der Waals surface area (Å²) in [6.07, 6.45) is 2.61. The molecule has 0 aliphatic heterocycles. The fourth-order valence-corrected chi connectivity index (χ4v) is 3.11. The van der Waals surface area contributed by atoms with Crippen LogP contribution < -0.4 is 5.32 Å². The predicted molar refractivity (Wildman–Crippen MR) is 90.0 cm³/mol. The van der Waals surface area contributed by atoms with Crippen LogP contribution in [0.4, 0.5) is 5.13 Å². The molecule has 112 valence electrons. The van der Waals surface area contributed by atoms with Crippen LogP contribution >= 0.6 is 11.3 Å². The Balaban J connectivity index is 1.73. The molecule has 1 aromatic carbocycles. The number of thiazole rings is 1. The number of H-pyrrole nitrogens is 1. The molecule has 0 fully saturated rings. The van der Waals surface area contributed by atoms with Gasteiger partial charge in [-0.3, -0.25) is 4.79 Å². The summed E-state index contributed by atoms with van der Waals surface area (Å²) in [6, 6.07) is 13.7. The van der Waals surface area contributed by atoms with Crippen molar-refractivity contribution in [2.75, 3.05) is 5.32 Å². The zero-order chi connectivity index (χ0) is 15.4. The second kappa shape index (κ2) is 6.58. The highest BCUT2D eigenvalue weighted by Gasteiger charge is 2.19. The van der Waals surface area contributed by atoms with E-state index in [2.05, 4.69) is 15.3 Å². The van der Waals surface area contributed by atoms with Crippen LogP contribution in [0.3, 0.4) is 0 Å². The summed E-state index contributed by atoms with van der Waals surface area (Å²) >= 11 is 1.44. The molecular formula is C17H17N3OS. The SMILES string of the molecule is CC[C@H](C(=O)Nc1nc(-c2ccc[nH]2)cs1)c1ccccc1. The summed E-state index contributed by atoms with van der Waals surface area (Å²) in [6.45, 7) is 2.02. The van der Waals surface area contributed by atoms with E-state index in [1.807, 2.05) is 61.0 Å². The summed E-state index contributed by atoms with van der Waals surface area (Å²) < 4.78 is 0. The van der Waals surface area contributed by atoms with E-state index in [0.717, 1.165) is 23.4 Å². The van der Waals surface area contributed by atoms with Gasteiger partial charge in [-0.15, -0.1) is 11.3 Å². The normalized spacial score (nSPS) is 12.0. The van der Waals surface area contributed by atoms with Gasteiger partial charge in [0.25, 0.3) is 0 Å². The number of nitrogens with zero attached hydrogens (tertiary/aromatic N) is 1. The highest BCUT2D eigenvalue weighted by molar-refractivity contribution is 7.14. The van der Waals surface area contributed by atoms with Gasteiger partial charge in [0.05, 0.1) is 17.3 Å². The first-order chi connectivity index (χ1) is 10.8. The molecule has 2 heterocycles. The molecule has 0 aliphatic carbocycles. The first-order valence-corrected chi connectivity index (χ1v) is 8.11. The Hall–Kier alpha value is -2.40. The topological polar surface area (TPSA) is 57.8 Å². The second-order valence-electron chi connectivity index (χ2n) is 4.98. The highest BCUT2D eigenvalue weighted by atomic mass is 32.1. The van der Waals surface area contributed by atoms with E-state index in [1.54, 1.807) is 0 Å². The van der Waals surface area contributed by atoms with Gasteiger partial charge in [-0.2, -0.15) is 0 Å². The number of carbonyl (C=O) groups excluding carboxylic acids is 1. The van der Waals surface area contributed by atoms with E-state index in [4.69, 9.17) is 0 Å². The number of aromatic nitrogens is 2. The number of carbonyl (C=O) groups is 1. The van der Waals surface area contributed by atoms with Crippen molar-refractivity contribution in [3.05, 3.63) is 59.6 Å². The quantitative estimate of drug-likeness (QED) is 0.739. The largest absolute Gasteiger partial charge is 0.360 e. The van der Waals surface area contributed by atoms with Gasteiger partial charge in [0.2, 0.25) is 5.91 Å². The molecule has 2 N–H and O–H groups in total. The zero-order valence-corrected chi connectivity index (χ0v) is 13.1. The van der Waals surface area contributed by atoms with Crippen molar-refractivity contribution in [2.45, 2.75) is 19.3 Å². The third-order valence-electron chi connectivity index (χ3n) is 3.53. The Morgan fingerprint density at radius 3 is 2.77 bits per heavy atom. The minimum absolute atomic E-state index is 0.0129. The van der Waals surface area contributed by atoms with Crippen LogP contribution in [0.1, 0.15) is 24.8 Å². The lowest BCUT2D eigenvalue weighted by molar-refractivity contribution is -0.117. The molecule has 4 nitrogen and oxygen atoms in total. The Labute approximate surface area is 133 Å². The maximum absolute atomic E-state index is 12.5. The molecule has 2 aromatic heterocycles. The van der Waals surface area contributed by atoms with Crippen LogP contribution in [0.25, 0.3) is 11.4 Å². The number of anilines is 1. The molecule has 3 rings (SSSR count). The van der Waals surface area contributed by atoms with Crippen LogP contribution in [0.5, 0.6) is 0 Å². The molecular weight excluding hydrogens is 294 g/mol. The molecule has 5 heteroatoms. The number of rotatable bonds is 5. The average Bonchev–Trinajstić information content (AvgIpc) is 3.20. The zero-order valence-electron chi connectivity index (χ0n) is 12.2. The van der Waals surface area contributed by atoms with Crippen molar-refractivity contribution in [2.24, 2.45) is 0 Å². The Kier molecular flexibility index (Phi) is 4.34. The van der Waals surface area contributed by atoms with Crippen LogP contribution in [0.15, 0.2) is 54.0 Å². The molecule has 0 radical (unpaired) electrons. The summed E-state index contributed by atoms with van der Waals surface area (Å²) in [5.74, 6) is -0.167. The number of amides is 1. The molecule has 22 heavy (non-hydrogen) atoms. The van der Waals surface area contributed by atoms with Crippen molar-refractivity contribution in [1.29, 1.82) is 0 Å². The van der Waals surface area contributed by atoms with E-state index >= 15 is 0 Å². The van der Waals surface area contributed by atoms with Gasteiger partial charge in [0.1, 0.15) is 0 Å². The van der Waals surface area contributed by atoms with Crippen molar-refractivity contribution in [3.8, 4) is 11.4 Å². The molecule has 0 saturated carbocycles. The molecule has 0 saturated heterocycles. The van der Waals surface area contributed by atoms with Crippen LogP contribution in [0, 0.1) is 0 Å². The summed E-state index contributed by atoms with van der Waals surface area (Å²) in [5.41, 5.74) is 2.83. The number of benzene rings is 1. The molecule has 1 amide bonds. The maximum atomic E-state index is 12.5. The van der Waals surface area contributed by atoms with Crippen LogP contribution in [-0.2, 0) is 4.79 Å². The number of hydrogen-bond donors (Lipinski definition) is 2. The average molecular weight is 311 g/mol. The number of nitrogens with one attached hydrogen (secondary N) is 2. The monoisotopic (exact) mass is 311 g/mol. The van der Waals surface area contributed by atoms with E-state index in [0.29, 0.717) is 5.13 Å². The molecule has 0 unspecified atom stereocenters. The van der Waals surface area contributed by atoms with Crippen LogP contribution in [0.2, 0.25) is 0 Å². The van der Waals surface area contributed by atoms with E-state index in [-0.39, 0.29) is 11.8 Å². The predicted octanol–water partition coefficient (Wildman–Crippen LogP) is 4.27. The fraction of sp³-hybridized carbons (Fsp3) is 0.176. The lowest BCUT2D eigenvalue weighted by Crippen LogP contribution is -2.20. The first kappa shape index (κ1) is 14.5. The maximum Gasteiger partial charge on any atom is 0.233 e. The van der Waals surface area contributed by atoms with E-state index in [1.165, 1.54) is 11.3 Å². The lowest BCUT2D eigenvalue weighted by atomic mass is 9.96. The third-order valence-corrected chi connectivity index (χ3v) is 4.29. The third kappa shape index (κ3) is 3.09. The minimum atomic E-state index is -0.154. The lowest BCUT2D eigenvalue weighted by Gasteiger charge is -2.14. The van der Waals surface area contributed by atoms with Gasteiger partial charge in [-0.1, -0.05) is 37.3 Å². The van der Waals surface area contributed by atoms with Crippen LogP contribution in [-0.4, -0.2) is 15.9 Å². The number of aromatic amines is 1.